The molecule has 1 fully saturated rings. The molecule has 1 aromatic carbocycles. The lowest BCUT2D eigenvalue weighted by molar-refractivity contribution is 0.102. The van der Waals surface area contributed by atoms with Gasteiger partial charge in [0.15, 0.2) is 21.3 Å². The predicted molar refractivity (Wildman–Crippen MR) is 134 cm³/mol. The number of amides is 1. The van der Waals surface area contributed by atoms with Crippen molar-refractivity contribution in [1.29, 1.82) is 0 Å². The first-order chi connectivity index (χ1) is 16.8. The number of benzene rings is 1. The van der Waals surface area contributed by atoms with Gasteiger partial charge in [0.05, 0.1) is 34.4 Å². The fraction of sp³-hybridized carbons (Fsp3) is 0.250. The third-order valence-corrected chi connectivity index (χ3v) is 7.24. The van der Waals surface area contributed by atoms with Crippen molar-refractivity contribution in [3.05, 3.63) is 73.0 Å². The molecule has 10 nitrogen and oxygen atoms in total. The van der Waals surface area contributed by atoms with Crippen molar-refractivity contribution in [3.8, 4) is 11.3 Å². The number of hydrogen-bond donors (Lipinski definition) is 2. The number of nitrogen functional groups attached to an aromatic ring is 1. The number of carbonyl (C=O) groups excluding carboxylic acids is 1. The molecule has 0 bridgehead atoms. The van der Waals surface area contributed by atoms with Crippen LogP contribution < -0.4 is 11.1 Å². The van der Waals surface area contributed by atoms with Crippen molar-refractivity contribution in [2.24, 2.45) is 0 Å². The molecular weight excluding hydrogens is 466 g/mol. The Labute approximate surface area is 204 Å². The number of piperazine rings is 1. The Hall–Kier alpha value is -3.83. The van der Waals surface area contributed by atoms with Crippen molar-refractivity contribution < 1.29 is 13.2 Å². The van der Waals surface area contributed by atoms with Gasteiger partial charge in [-0.25, -0.2) is 18.4 Å². The average Bonchev–Trinajstić information content (AvgIpc) is 2.86. The Kier molecular flexibility index (Phi) is 7.37. The summed E-state index contributed by atoms with van der Waals surface area (Å²) in [5, 5.41) is 2.68. The van der Waals surface area contributed by atoms with Gasteiger partial charge in [0.25, 0.3) is 5.91 Å². The number of anilines is 2. The van der Waals surface area contributed by atoms with Crippen molar-refractivity contribution in [2.75, 3.05) is 50.0 Å². The molecule has 0 atom stereocenters. The van der Waals surface area contributed by atoms with Crippen molar-refractivity contribution >= 4 is 27.2 Å². The summed E-state index contributed by atoms with van der Waals surface area (Å²) in [5.41, 5.74) is 7.35. The summed E-state index contributed by atoms with van der Waals surface area (Å²) in [5.74, 6) is -0.614. The van der Waals surface area contributed by atoms with Crippen LogP contribution in [0, 0.1) is 0 Å². The summed E-state index contributed by atoms with van der Waals surface area (Å²) < 4.78 is 25.5. The van der Waals surface area contributed by atoms with Crippen molar-refractivity contribution in [1.82, 2.24) is 24.8 Å². The number of hydrogen-bond acceptors (Lipinski definition) is 9. The van der Waals surface area contributed by atoms with E-state index in [4.69, 9.17) is 5.73 Å². The van der Waals surface area contributed by atoms with Gasteiger partial charge in [-0.15, -0.1) is 0 Å². The summed E-state index contributed by atoms with van der Waals surface area (Å²) in [7, 11) is -1.41. The van der Waals surface area contributed by atoms with Crippen molar-refractivity contribution in [3.63, 3.8) is 0 Å². The minimum atomic E-state index is -3.48. The number of nitrogens with two attached hydrogens (primary N) is 1. The van der Waals surface area contributed by atoms with E-state index in [0.29, 0.717) is 16.9 Å². The second-order valence-electron chi connectivity index (χ2n) is 8.21. The Balaban J connectivity index is 1.45. The molecule has 0 unspecified atom stereocenters. The fourth-order valence-electron chi connectivity index (χ4n) is 3.55. The zero-order valence-electron chi connectivity index (χ0n) is 19.3. The van der Waals surface area contributed by atoms with Crippen LogP contribution in [-0.2, 0) is 9.84 Å². The molecule has 4 rings (SSSR count). The molecule has 0 radical (unpaired) electrons. The zero-order valence-corrected chi connectivity index (χ0v) is 20.1. The molecule has 1 aliphatic heterocycles. The largest absolute Gasteiger partial charge is 0.382 e. The van der Waals surface area contributed by atoms with E-state index >= 15 is 0 Å². The van der Waals surface area contributed by atoms with Gasteiger partial charge in [0.2, 0.25) is 0 Å². The zero-order chi connectivity index (χ0) is 24.8. The number of likely N-dealkylation sites (N-methyl/N-ethyl adjacent to an activating group) is 1. The van der Waals surface area contributed by atoms with Gasteiger partial charge < -0.3 is 20.9 Å². The minimum Gasteiger partial charge on any atom is -0.382 e. The van der Waals surface area contributed by atoms with Crippen LogP contribution in [0.5, 0.6) is 0 Å². The van der Waals surface area contributed by atoms with Gasteiger partial charge in [0, 0.05) is 37.9 Å². The number of rotatable bonds is 7. The molecule has 3 aromatic rings. The minimum absolute atomic E-state index is 0.0125. The summed E-state index contributed by atoms with van der Waals surface area (Å²) in [4.78, 5) is 29.6. The Morgan fingerprint density at radius 1 is 1.11 bits per heavy atom. The van der Waals surface area contributed by atoms with Crippen LogP contribution in [0.25, 0.3) is 11.3 Å². The van der Waals surface area contributed by atoms with Gasteiger partial charge in [-0.1, -0.05) is 18.2 Å². The highest BCUT2D eigenvalue weighted by atomic mass is 32.2. The Morgan fingerprint density at radius 3 is 2.54 bits per heavy atom. The van der Waals surface area contributed by atoms with E-state index in [1.54, 1.807) is 36.5 Å². The maximum Gasteiger partial charge on any atom is 0.278 e. The number of nitrogens with zero attached hydrogens (tertiary/aromatic N) is 5. The molecule has 1 saturated heterocycles. The van der Waals surface area contributed by atoms with Gasteiger partial charge >= 0.3 is 0 Å². The Bertz CT molecular complexity index is 1300. The predicted octanol–water partition coefficient (Wildman–Crippen LogP) is 1.91. The average molecular weight is 494 g/mol. The van der Waals surface area contributed by atoms with Crippen LogP contribution in [0.1, 0.15) is 10.5 Å². The third-order valence-electron chi connectivity index (χ3n) is 5.61. The standard InChI is InChI=1S/C24H27N7O3S/c1-30-11-13-31(14-12-30)10-3-15-35(33,34)20-7-5-18(6-8-20)21-17-27-23(25)22(29-21)24(32)28-19-4-2-9-26-16-19/h2-10,16-17H,11-15H2,1H3,(H2,25,27)(H,28,32). The molecule has 182 valence electrons. The lowest BCUT2D eigenvalue weighted by Gasteiger charge is -2.31. The van der Waals surface area contributed by atoms with E-state index in [1.807, 2.05) is 6.20 Å². The maximum atomic E-state index is 12.8. The number of pyridine rings is 1. The second-order valence-corrected chi connectivity index (χ2v) is 10.2. The highest BCUT2D eigenvalue weighted by molar-refractivity contribution is 7.91. The molecule has 1 amide bonds. The Morgan fingerprint density at radius 2 is 1.86 bits per heavy atom. The first kappa shape index (κ1) is 24.3. The molecule has 0 spiro atoms. The summed E-state index contributed by atoms with van der Waals surface area (Å²) in [6, 6.07) is 9.72. The number of nitrogens with one attached hydrogen (secondary N) is 1. The molecule has 35 heavy (non-hydrogen) atoms. The van der Waals surface area contributed by atoms with E-state index in [-0.39, 0.29) is 22.2 Å². The monoisotopic (exact) mass is 493 g/mol. The van der Waals surface area contributed by atoms with E-state index < -0.39 is 15.7 Å². The SMILES string of the molecule is CN1CCN(C=CCS(=O)(=O)c2ccc(-c3cnc(N)c(C(=O)Nc4cccnc4)n3)cc2)CC1. The van der Waals surface area contributed by atoms with Crippen LogP contribution in [-0.4, -0.2) is 78.1 Å². The third kappa shape index (κ3) is 6.19. The highest BCUT2D eigenvalue weighted by Crippen LogP contribution is 2.22. The van der Waals surface area contributed by atoms with Crippen LogP contribution in [0.3, 0.4) is 0 Å². The molecule has 3 heterocycles. The second kappa shape index (κ2) is 10.6. The quantitative estimate of drug-likeness (QED) is 0.506. The van der Waals surface area contributed by atoms with E-state index in [2.05, 4.69) is 37.1 Å². The van der Waals surface area contributed by atoms with Crippen LogP contribution in [0.15, 0.2) is 72.2 Å². The molecule has 0 saturated carbocycles. The maximum absolute atomic E-state index is 12.8. The summed E-state index contributed by atoms with van der Waals surface area (Å²) in [6.45, 7) is 3.68. The van der Waals surface area contributed by atoms with Crippen LogP contribution in [0.4, 0.5) is 11.5 Å². The normalized spacial score (nSPS) is 14.8. The summed E-state index contributed by atoms with van der Waals surface area (Å²) >= 11 is 0. The number of aromatic nitrogens is 3. The first-order valence-electron chi connectivity index (χ1n) is 11.1. The molecule has 11 heteroatoms. The molecule has 2 aromatic heterocycles. The van der Waals surface area contributed by atoms with Gasteiger partial charge in [-0.2, -0.15) is 0 Å². The molecule has 1 aliphatic rings. The highest BCUT2D eigenvalue weighted by Gasteiger charge is 2.17. The van der Waals surface area contributed by atoms with Gasteiger partial charge in [0.1, 0.15) is 0 Å². The van der Waals surface area contributed by atoms with Gasteiger partial charge in [-0.3, -0.25) is 9.78 Å². The molecule has 0 aliphatic carbocycles. The van der Waals surface area contributed by atoms with E-state index in [0.717, 1.165) is 26.2 Å². The summed E-state index contributed by atoms with van der Waals surface area (Å²) in [6.07, 6.45) is 8.09. The van der Waals surface area contributed by atoms with Crippen LogP contribution >= 0.6 is 0 Å². The van der Waals surface area contributed by atoms with E-state index in [9.17, 15) is 13.2 Å². The first-order valence-corrected chi connectivity index (χ1v) is 12.7. The number of sulfone groups is 1. The molecular formula is C24H27N7O3S. The lowest BCUT2D eigenvalue weighted by Crippen LogP contribution is -2.41. The lowest BCUT2D eigenvalue weighted by atomic mass is 10.1. The number of carbonyl (C=O) groups is 1. The topological polar surface area (TPSA) is 134 Å². The molecule has 3 N–H and O–H groups in total. The van der Waals surface area contributed by atoms with Gasteiger partial charge in [-0.05, 0) is 37.5 Å². The van der Waals surface area contributed by atoms with Crippen LogP contribution in [0.2, 0.25) is 0 Å². The fourth-order valence-corrected chi connectivity index (χ4v) is 4.63. The van der Waals surface area contributed by atoms with Crippen molar-refractivity contribution in [2.45, 2.75) is 4.90 Å². The van der Waals surface area contributed by atoms with E-state index in [1.165, 1.54) is 24.5 Å². The smallest absolute Gasteiger partial charge is 0.278 e.